The molecule has 0 spiro atoms. The number of anilines is 1. The number of H-pyrrole nitrogens is 1. The molecule has 5 nitrogen and oxygen atoms in total. The number of nitrogens with one attached hydrogen (secondary N) is 2. The quantitative estimate of drug-likeness (QED) is 0.908. The van der Waals surface area contributed by atoms with Gasteiger partial charge in [0.15, 0.2) is 0 Å². The molecular weight excluding hydrogens is 286 g/mol. The predicted octanol–water partition coefficient (Wildman–Crippen LogP) is 2.43. The van der Waals surface area contributed by atoms with Crippen molar-refractivity contribution in [2.45, 2.75) is 24.3 Å². The van der Waals surface area contributed by atoms with Crippen LogP contribution in [0.2, 0.25) is 0 Å². The van der Waals surface area contributed by atoms with Crippen LogP contribution >= 0.6 is 11.8 Å². The summed E-state index contributed by atoms with van der Waals surface area (Å²) < 4.78 is 5.96. The molecule has 0 amide bonds. The molecular formula is C15H17N3O2S. The van der Waals surface area contributed by atoms with Crippen molar-refractivity contribution in [3.63, 3.8) is 0 Å². The Bertz CT molecular complexity index is 687. The lowest BCUT2D eigenvalue weighted by molar-refractivity contribution is 0.209. The maximum absolute atomic E-state index is 11.3. The SMILES string of the molecule is Cc1cc(=O)[nH]c(NCCC2CSc3ccccc3O2)n1. The number of rotatable bonds is 4. The Morgan fingerprint density at radius 2 is 2.33 bits per heavy atom. The number of nitrogens with zero attached hydrogens (tertiary/aromatic N) is 1. The van der Waals surface area contributed by atoms with Crippen LogP contribution in [0.1, 0.15) is 12.1 Å². The second-order valence-corrected chi connectivity index (χ2v) is 6.01. The molecule has 0 fully saturated rings. The molecule has 1 aliphatic rings. The van der Waals surface area contributed by atoms with E-state index in [1.54, 1.807) is 6.92 Å². The number of para-hydroxylation sites is 1. The van der Waals surface area contributed by atoms with Crippen LogP contribution in [-0.4, -0.2) is 28.4 Å². The molecule has 2 heterocycles. The highest BCUT2D eigenvalue weighted by Crippen LogP contribution is 2.35. The van der Waals surface area contributed by atoms with Crippen LogP contribution in [0.5, 0.6) is 5.75 Å². The average molecular weight is 303 g/mol. The van der Waals surface area contributed by atoms with Crippen LogP contribution in [0.25, 0.3) is 0 Å². The van der Waals surface area contributed by atoms with Crippen molar-refractivity contribution in [1.29, 1.82) is 0 Å². The average Bonchev–Trinajstić information content (AvgIpc) is 2.46. The number of aryl methyl sites for hydroxylation is 1. The number of aromatic nitrogens is 2. The summed E-state index contributed by atoms with van der Waals surface area (Å²) in [7, 11) is 0. The summed E-state index contributed by atoms with van der Waals surface area (Å²) in [5, 5.41) is 3.14. The minimum atomic E-state index is -0.136. The third kappa shape index (κ3) is 3.58. The van der Waals surface area contributed by atoms with Crippen LogP contribution < -0.4 is 15.6 Å². The summed E-state index contributed by atoms with van der Waals surface area (Å²) in [4.78, 5) is 19.5. The zero-order valence-corrected chi connectivity index (χ0v) is 12.6. The molecule has 1 aliphatic heterocycles. The summed E-state index contributed by atoms with van der Waals surface area (Å²) in [5.74, 6) is 2.42. The van der Waals surface area contributed by atoms with E-state index in [2.05, 4.69) is 21.4 Å². The number of ether oxygens (including phenoxy) is 1. The highest BCUT2D eigenvalue weighted by molar-refractivity contribution is 7.99. The normalized spacial score (nSPS) is 16.9. The Morgan fingerprint density at radius 1 is 1.48 bits per heavy atom. The Morgan fingerprint density at radius 3 is 3.19 bits per heavy atom. The largest absolute Gasteiger partial charge is 0.488 e. The summed E-state index contributed by atoms with van der Waals surface area (Å²) in [6.07, 6.45) is 1.04. The smallest absolute Gasteiger partial charge is 0.252 e. The molecule has 0 saturated carbocycles. The number of hydrogen-bond donors (Lipinski definition) is 2. The fourth-order valence-corrected chi connectivity index (χ4v) is 3.25. The summed E-state index contributed by atoms with van der Waals surface area (Å²) >= 11 is 1.82. The number of hydrogen-bond acceptors (Lipinski definition) is 5. The van der Waals surface area contributed by atoms with Gasteiger partial charge >= 0.3 is 0 Å². The molecule has 2 aromatic rings. The molecule has 21 heavy (non-hydrogen) atoms. The number of thioether (sulfide) groups is 1. The molecule has 1 aromatic heterocycles. The predicted molar refractivity (Wildman–Crippen MR) is 84.3 cm³/mol. The molecule has 2 N–H and O–H groups in total. The lowest BCUT2D eigenvalue weighted by Gasteiger charge is -2.25. The zero-order chi connectivity index (χ0) is 14.7. The van der Waals surface area contributed by atoms with Gasteiger partial charge in [-0.2, -0.15) is 0 Å². The fourth-order valence-electron chi connectivity index (χ4n) is 2.22. The van der Waals surface area contributed by atoms with Gasteiger partial charge in [0.05, 0.1) is 0 Å². The maximum Gasteiger partial charge on any atom is 0.252 e. The zero-order valence-electron chi connectivity index (χ0n) is 11.8. The third-order valence-corrected chi connectivity index (χ3v) is 4.38. The molecule has 1 atom stereocenters. The molecule has 1 unspecified atom stereocenters. The van der Waals surface area contributed by atoms with Crippen molar-refractivity contribution in [1.82, 2.24) is 9.97 Å². The van der Waals surface area contributed by atoms with Crippen molar-refractivity contribution in [2.75, 3.05) is 17.6 Å². The first-order chi connectivity index (χ1) is 10.2. The molecule has 0 saturated heterocycles. The second kappa shape index (κ2) is 6.22. The van der Waals surface area contributed by atoms with Gasteiger partial charge in [-0.3, -0.25) is 9.78 Å². The lowest BCUT2D eigenvalue weighted by atomic mass is 10.2. The first-order valence-electron chi connectivity index (χ1n) is 6.91. The Hall–Kier alpha value is -1.95. The van der Waals surface area contributed by atoms with Crippen LogP contribution in [0.4, 0.5) is 5.95 Å². The molecule has 0 bridgehead atoms. The van der Waals surface area contributed by atoms with Crippen molar-refractivity contribution < 1.29 is 4.74 Å². The van der Waals surface area contributed by atoms with E-state index in [0.717, 1.165) is 17.9 Å². The number of aromatic amines is 1. The highest BCUT2D eigenvalue weighted by Gasteiger charge is 2.19. The number of benzene rings is 1. The van der Waals surface area contributed by atoms with Gasteiger partial charge in [0.25, 0.3) is 5.56 Å². The van der Waals surface area contributed by atoms with Crippen molar-refractivity contribution in [2.24, 2.45) is 0 Å². The van der Waals surface area contributed by atoms with Crippen molar-refractivity contribution in [3.05, 3.63) is 46.4 Å². The van der Waals surface area contributed by atoms with Crippen molar-refractivity contribution in [3.8, 4) is 5.75 Å². The van der Waals surface area contributed by atoms with Crippen LogP contribution in [0.15, 0.2) is 40.0 Å². The van der Waals surface area contributed by atoms with Crippen molar-refractivity contribution >= 4 is 17.7 Å². The molecule has 3 rings (SSSR count). The summed E-state index contributed by atoms with van der Waals surface area (Å²) in [6.45, 7) is 2.51. The van der Waals surface area contributed by atoms with E-state index < -0.39 is 0 Å². The Labute approximate surface area is 127 Å². The van der Waals surface area contributed by atoms with Gasteiger partial charge < -0.3 is 10.1 Å². The van der Waals surface area contributed by atoms with Gasteiger partial charge in [-0.15, -0.1) is 11.8 Å². The Kier molecular flexibility index (Phi) is 4.15. The van der Waals surface area contributed by atoms with Crippen LogP contribution in [-0.2, 0) is 0 Å². The van der Waals surface area contributed by atoms with E-state index in [1.165, 1.54) is 11.0 Å². The van der Waals surface area contributed by atoms with Gasteiger partial charge in [0.1, 0.15) is 11.9 Å². The highest BCUT2D eigenvalue weighted by atomic mass is 32.2. The van der Waals surface area contributed by atoms with E-state index in [1.807, 2.05) is 30.0 Å². The first-order valence-corrected chi connectivity index (χ1v) is 7.89. The third-order valence-electron chi connectivity index (χ3n) is 3.20. The van der Waals surface area contributed by atoms with Gasteiger partial charge in [-0.25, -0.2) is 4.98 Å². The summed E-state index contributed by atoms with van der Waals surface area (Å²) in [5.41, 5.74) is 0.572. The van der Waals surface area contributed by atoms with E-state index in [4.69, 9.17) is 4.74 Å². The molecule has 110 valence electrons. The summed E-state index contributed by atoms with van der Waals surface area (Å²) in [6, 6.07) is 9.57. The fraction of sp³-hybridized carbons (Fsp3) is 0.333. The topological polar surface area (TPSA) is 67.0 Å². The van der Waals surface area contributed by atoms with Crippen LogP contribution in [0, 0.1) is 6.92 Å². The maximum atomic E-state index is 11.3. The minimum Gasteiger partial charge on any atom is -0.488 e. The van der Waals surface area contributed by atoms with Gasteiger partial charge in [-0.05, 0) is 19.1 Å². The minimum absolute atomic E-state index is 0.136. The standard InChI is InChI=1S/C15H17N3O2S/c1-10-8-14(19)18-15(17-10)16-7-6-11-9-21-13-5-3-2-4-12(13)20-11/h2-5,8,11H,6-7,9H2,1H3,(H2,16,17,18,19). The van der Waals surface area contributed by atoms with E-state index in [9.17, 15) is 4.79 Å². The van der Waals surface area contributed by atoms with E-state index in [0.29, 0.717) is 18.2 Å². The molecule has 0 aliphatic carbocycles. The van der Waals surface area contributed by atoms with E-state index >= 15 is 0 Å². The molecule has 6 heteroatoms. The van der Waals surface area contributed by atoms with Gasteiger partial charge in [-0.1, -0.05) is 12.1 Å². The molecule has 0 radical (unpaired) electrons. The van der Waals surface area contributed by atoms with Gasteiger partial charge in [0, 0.05) is 35.4 Å². The Balaban J connectivity index is 1.54. The first kappa shape index (κ1) is 14.0. The van der Waals surface area contributed by atoms with Gasteiger partial charge in [0.2, 0.25) is 5.95 Å². The van der Waals surface area contributed by atoms with E-state index in [-0.39, 0.29) is 11.7 Å². The second-order valence-electron chi connectivity index (χ2n) is 4.95. The van der Waals surface area contributed by atoms with Crippen LogP contribution in [0.3, 0.4) is 0 Å². The lowest BCUT2D eigenvalue weighted by Crippen LogP contribution is -2.26. The molecule has 1 aromatic carbocycles. The number of fused-ring (bicyclic) bond motifs is 1. The monoisotopic (exact) mass is 303 g/mol.